The summed E-state index contributed by atoms with van der Waals surface area (Å²) in [7, 11) is 0. The van der Waals surface area contributed by atoms with Gasteiger partial charge in [0.1, 0.15) is 12.4 Å². The van der Waals surface area contributed by atoms with Gasteiger partial charge in [0, 0.05) is 18.7 Å². The second-order valence-electron chi connectivity index (χ2n) is 6.61. The van der Waals surface area contributed by atoms with Gasteiger partial charge in [0.15, 0.2) is 0 Å². The Bertz CT molecular complexity index is 749. The first-order valence-corrected chi connectivity index (χ1v) is 9.68. The molecule has 1 amide bonds. The summed E-state index contributed by atoms with van der Waals surface area (Å²) < 4.78 is 10.7. The largest absolute Gasteiger partial charge is 0.489 e. The number of amides is 1. The molecule has 0 radical (unpaired) electrons. The van der Waals surface area contributed by atoms with Crippen LogP contribution < -0.4 is 0 Å². The Morgan fingerprint density at radius 3 is 2.68 bits per heavy atom. The summed E-state index contributed by atoms with van der Waals surface area (Å²) in [4.78, 5) is 25.8. The van der Waals surface area contributed by atoms with Crippen molar-refractivity contribution in [2.75, 3.05) is 19.7 Å². The smallest absolute Gasteiger partial charge is 0.307 e. The zero-order valence-electron chi connectivity index (χ0n) is 16.8. The minimum absolute atomic E-state index is 0.00990. The van der Waals surface area contributed by atoms with Gasteiger partial charge in [0.25, 0.3) is 0 Å². The predicted octanol–water partition coefficient (Wildman–Crippen LogP) is 4.17. The Morgan fingerprint density at radius 2 is 2.00 bits per heavy atom. The third-order valence-electron chi connectivity index (χ3n) is 4.71. The normalized spacial score (nSPS) is 14.9. The molecule has 1 aliphatic heterocycles. The fraction of sp³-hybridized carbons (Fsp3) is 0.391. The van der Waals surface area contributed by atoms with Crippen LogP contribution in [-0.4, -0.2) is 36.5 Å². The number of benzene rings is 1. The molecular formula is C23H29NO4. The molecule has 1 aliphatic rings. The molecule has 1 aromatic carbocycles. The minimum atomic E-state index is -0.267. The van der Waals surface area contributed by atoms with Gasteiger partial charge in [-0.05, 0) is 44.4 Å². The van der Waals surface area contributed by atoms with Crippen molar-refractivity contribution in [3.63, 3.8) is 0 Å². The Morgan fingerprint density at radius 1 is 1.25 bits per heavy atom. The number of carbonyl (C=O) groups excluding carboxylic acids is 2. The maximum Gasteiger partial charge on any atom is 0.307 e. The number of rotatable bonds is 10. The molecule has 0 spiro atoms. The van der Waals surface area contributed by atoms with E-state index >= 15 is 0 Å². The highest BCUT2D eigenvalue weighted by atomic mass is 16.5. The monoisotopic (exact) mass is 383 g/mol. The average Bonchev–Trinajstić information content (AvgIpc) is 2.71. The van der Waals surface area contributed by atoms with Gasteiger partial charge in [-0.1, -0.05) is 42.5 Å². The van der Waals surface area contributed by atoms with E-state index in [1.54, 1.807) is 17.9 Å². The van der Waals surface area contributed by atoms with E-state index in [-0.39, 0.29) is 18.3 Å². The number of allylic oxidation sites excluding steroid dienone is 2. The summed E-state index contributed by atoms with van der Waals surface area (Å²) in [6.07, 6.45) is 5.33. The van der Waals surface area contributed by atoms with Gasteiger partial charge in [-0.25, -0.2) is 0 Å². The zero-order chi connectivity index (χ0) is 20.4. The molecule has 0 saturated heterocycles. The summed E-state index contributed by atoms with van der Waals surface area (Å²) in [5.41, 5.74) is 2.94. The summed E-state index contributed by atoms with van der Waals surface area (Å²) in [5.74, 6) is 0.433. The van der Waals surface area contributed by atoms with Crippen LogP contribution in [-0.2, 0) is 25.7 Å². The second-order valence-corrected chi connectivity index (χ2v) is 6.61. The number of ether oxygens (including phenoxy) is 2. The Labute approximate surface area is 167 Å². The van der Waals surface area contributed by atoms with Crippen LogP contribution in [0.15, 0.2) is 66.0 Å². The van der Waals surface area contributed by atoms with Crippen molar-refractivity contribution >= 4 is 11.9 Å². The van der Waals surface area contributed by atoms with Gasteiger partial charge in [0.05, 0.1) is 13.0 Å². The molecule has 0 fully saturated rings. The number of carbonyl (C=O) groups is 2. The molecular weight excluding hydrogens is 354 g/mol. The van der Waals surface area contributed by atoms with E-state index in [0.29, 0.717) is 38.5 Å². The fourth-order valence-electron chi connectivity index (χ4n) is 3.04. The van der Waals surface area contributed by atoms with E-state index in [2.05, 4.69) is 6.58 Å². The molecule has 28 heavy (non-hydrogen) atoms. The van der Waals surface area contributed by atoms with Gasteiger partial charge in [-0.2, -0.15) is 0 Å². The highest BCUT2D eigenvalue weighted by Gasteiger charge is 2.24. The third-order valence-corrected chi connectivity index (χ3v) is 4.71. The minimum Gasteiger partial charge on any atom is -0.489 e. The first-order valence-electron chi connectivity index (χ1n) is 9.68. The maximum atomic E-state index is 12.6. The van der Waals surface area contributed by atoms with Gasteiger partial charge in [-0.15, -0.1) is 0 Å². The molecule has 150 valence electrons. The topological polar surface area (TPSA) is 55.8 Å². The van der Waals surface area contributed by atoms with Crippen molar-refractivity contribution in [2.24, 2.45) is 0 Å². The summed E-state index contributed by atoms with van der Waals surface area (Å²) in [6.45, 7) is 9.30. The van der Waals surface area contributed by atoms with Crippen molar-refractivity contribution in [2.45, 2.75) is 39.7 Å². The molecule has 0 bridgehead atoms. The van der Waals surface area contributed by atoms with Crippen molar-refractivity contribution in [1.29, 1.82) is 0 Å². The summed E-state index contributed by atoms with van der Waals surface area (Å²) in [6, 6.07) is 9.95. The van der Waals surface area contributed by atoms with E-state index in [0.717, 1.165) is 23.1 Å². The molecule has 5 heteroatoms. The van der Waals surface area contributed by atoms with Crippen LogP contribution in [0.25, 0.3) is 0 Å². The molecule has 0 aromatic heterocycles. The molecule has 0 unspecified atom stereocenters. The van der Waals surface area contributed by atoms with Crippen LogP contribution in [0.4, 0.5) is 0 Å². The maximum absolute atomic E-state index is 12.6. The van der Waals surface area contributed by atoms with Crippen LogP contribution in [0.3, 0.4) is 0 Å². The first kappa shape index (κ1) is 21.5. The highest BCUT2D eigenvalue weighted by Crippen LogP contribution is 2.23. The summed E-state index contributed by atoms with van der Waals surface area (Å²) >= 11 is 0. The van der Waals surface area contributed by atoms with Crippen LogP contribution in [0.5, 0.6) is 0 Å². The lowest BCUT2D eigenvalue weighted by atomic mass is 9.97. The van der Waals surface area contributed by atoms with E-state index in [9.17, 15) is 9.59 Å². The van der Waals surface area contributed by atoms with Gasteiger partial charge < -0.3 is 14.4 Å². The van der Waals surface area contributed by atoms with E-state index in [1.165, 1.54) is 0 Å². The van der Waals surface area contributed by atoms with Crippen molar-refractivity contribution in [3.8, 4) is 0 Å². The third kappa shape index (κ3) is 6.41. The lowest BCUT2D eigenvalue weighted by molar-refractivity contribution is -0.143. The van der Waals surface area contributed by atoms with Gasteiger partial charge in [-0.3, -0.25) is 9.59 Å². The highest BCUT2D eigenvalue weighted by molar-refractivity contribution is 5.94. The SMILES string of the molecule is C=CC(=CCC1=C(C)C(=O)N(CCC(=O)OCC)CC1)OCc1ccccc1. The molecule has 5 nitrogen and oxygen atoms in total. The Hall–Kier alpha value is -2.82. The summed E-state index contributed by atoms with van der Waals surface area (Å²) in [5, 5.41) is 0. The zero-order valence-corrected chi connectivity index (χ0v) is 16.8. The fourth-order valence-corrected chi connectivity index (χ4v) is 3.04. The molecule has 1 aromatic rings. The van der Waals surface area contributed by atoms with E-state index in [1.807, 2.05) is 43.3 Å². The quantitative estimate of drug-likeness (QED) is 0.346. The second kappa shape index (κ2) is 11.1. The molecule has 1 heterocycles. The molecule has 2 rings (SSSR count). The van der Waals surface area contributed by atoms with Crippen molar-refractivity contribution in [1.82, 2.24) is 4.90 Å². The van der Waals surface area contributed by atoms with Crippen LogP contribution in [0.2, 0.25) is 0 Å². The number of esters is 1. The lowest BCUT2D eigenvalue weighted by Crippen LogP contribution is -2.38. The van der Waals surface area contributed by atoms with Crippen LogP contribution >= 0.6 is 0 Å². The lowest BCUT2D eigenvalue weighted by Gasteiger charge is -2.29. The molecule has 0 aliphatic carbocycles. The van der Waals surface area contributed by atoms with E-state index in [4.69, 9.17) is 9.47 Å². The van der Waals surface area contributed by atoms with Crippen LogP contribution in [0, 0.1) is 0 Å². The van der Waals surface area contributed by atoms with Gasteiger partial charge in [0.2, 0.25) is 5.91 Å². The van der Waals surface area contributed by atoms with Gasteiger partial charge >= 0.3 is 5.97 Å². The molecule has 0 atom stereocenters. The molecule has 0 saturated carbocycles. The van der Waals surface area contributed by atoms with Crippen molar-refractivity contribution < 1.29 is 19.1 Å². The Kier molecular flexibility index (Phi) is 8.53. The average molecular weight is 383 g/mol. The number of nitrogens with zero attached hydrogens (tertiary/aromatic N) is 1. The van der Waals surface area contributed by atoms with E-state index < -0.39 is 0 Å². The number of hydrogen-bond donors (Lipinski definition) is 0. The predicted molar refractivity (Wildman–Crippen MR) is 109 cm³/mol. The Balaban J connectivity index is 1.91. The standard InChI is InChI=1S/C23H29NO4/c1-4-21(28-17-19-9-7-6-8-10-19)12-11-20-13-15-24(23(26)18(20)3)16-14-22(25)27-5-2/h4,6-10,12H,1,5,11,13-17H2,2-3H3. The number of hydrogen-bond acceptors (Lipinski definition) is 4. The molecule has 0 N–H and O–H groups in total. The van der Waals surface area contributed by atoms with Crippen LogP contribution in [0.1, 0.15) is 38.7 Å². The van der Waals surface area contributed by atoms with Crippen molar-refractivity contribution in [3.05, 3.63) is 71.5 Å². The first-order chi connectivity index (χ1) is 13.5.